The summed E-state index contributed by atoms with van der Waals surface area (Å²) >= 11 is 1.20. The van der Waals surface area contributed by atoms with Crippen molar-refractivity contribution in [2.45, 2.75) is 30.2 Å². The maximum Gasteiger partial charge on any atom is 0.257 e. The van der Waals surface area contributed by atoms with E-state index in [2.05, 4.69) is 20.6 Å². The summed E-state index contributed by atoms with van der Waals surface area (Å²) in [6, 6.07) is 9.88. The van der Waals surface area contributed by atoms with E-state index in [-0.39, 0.29) is 34.5 Å². The summed E-state index contributed by atoms with van der Waals surface area (Å²) in [5, 5.41) is 5.39. The van der Waals surface area contributed by atoms with Crippen LogP contribution in [0.2, 0.25) is 0 Å². The minimum Gasteiger partial charge on any atom is -0.325 e. The number of benzene rings is 2. The number of aryl methyl sites for hydroxylation is 1. The smallest absolute Gasteiger partial charge is 0.257 e. The Labute approximate surface area is 185 Å². The first-order chi connectivity index (χ1) is 15.3. The van der Waals surface area contributed by atoms with E-state index >= 15 is 0 Å². The van der Waals surface area contributed by atoms with Crippen LogP contribution in [0.25, 0.3) is 0 Å². The Balaban J connectivity index is 1.58. The zero-order valence-electron chi connectivity index (χ0n) is 16.9. The number of carbonyl (C=O) groups excluding carboxylic acids is 2. The quantitative estimate of drug-likeness (QED) is 0.401. The number of hydrogen-bond acceptors (Lipinski definition) is 5. The molecule has 1 atom stereocenters. The standard InChI is InChI=1S/C22H18F2N4O3S/c1-11-2-5-14(24)8-16(11)25-20(30)15-9-17(29)26-19-18(15)21(31)28-22(27-19)32-10-12-3-6-13(23)7-4-12/h2-8,15H,9-10H2,1H3,(H,25,30)(H2,26,27,28,29,31)/t15-/m0/s1. The number of halogens is 2. The van der Waals surface area contributed by atoms with Crippen LogP contribution in [-0.4, -0.2) is 21.8 Å². The molecule has 0 unspecified atom stereocenters. The molecule has 1 aromatic heterocycles. The molecule has 0 radical (unpaired) electrons. The molecule has 0 saturated heterocycles. The molecule has 3 aromatic rings. The molecule has 32 heavy (non-hydrogen) atoms. The molecule has 7 nitrogen and oxygen atoms in total. The molecule has 0 bridgehead atoms. The molecule has 0 aliphatic carbocycles. The third-order valence-corrected chi connectivity index (χ3v) is 5.94. The molecule has 10 heteroatoms. The van der Waals surface area contributed by atoms with E-state index in [1.54, 1.807) is 19.1 Å². The molecule has 164 valence electrons. The second-order valence-corrected chi connectivity index (χ2v) is 8.27. The average molecular weight is 456 g/mol. The number of nitrogens with zero attached hydrogens (tertiary/aromatic N) is 1. The number of aromatic nitrogens is 2. The number of fused-ring (bicyclic) bond motifs is 1. The fourth-order valence-electron chi connectivity index (χ4n) is 3.32. The van der Waals surface area contributed by atoms with E-state index in [9.17, 15) is 23.2 Å². The van der Waals surface area contributed by atoms with Crippen molar-refractivity contribution in [3.05, 3.63) is 81.1 Å². The molecular formula is C22H18F2N4O3S. The number of amides is 2. The highest BCUT2D eigenvalue weighted by Gasteiger charge is 2.35. The molecule has 1 aliphatic heterocycles. The predicted octanol–water partition coefficient (Wildman–Crippen LogP) is 3.71. The Morgan fingerprint density at radius 3 is 2.62 bits per heavy atom. The monoisotopic (exact) mass is 456 g/mol. The maximum atomic E-state index is 13.6. The minimum atomic E-state index is -1.08. The lowest BCUT2D eigenvalue weighted by atomic mass is 9.92. The third-order valence-electron chi connectivity index (χ3n) is 4.99. The number of carbonyl (C=O) groups is 2. The van der Waals surface area contributed by atoms with Crippen molar-refractivity contribution in [2.75, 3.05) is 10.6 Å². The molecule has 2 amide bonds. The number of nitrogens with one attached hydrogen (secondary N) is 3. The van der Waals surface area contributed by atoms with Gasteiger partial charge in [0, 0.05) is 17.9 Å². The van der Waals surface area contributed by atoms with Gasteiger partial charge in [-0.05, 0) is 42.3 Å². The molecule has 0 saturated carbocycles. The van der Waals surface area contributed by atoms with Crippen molar-refractivity contribution in [1.82, 2.24) is 9.97 Å². The van der Waals surface area contributed by atoms with Gasteiger partial charge in [-0.25, -0.2) is 13.8 Å². The number of anilines is 2. The largest absolute Gasteiger partial charge is 0.325 e. The summed E-state index contributed by atoms with van der Waals surface area (Å²) in [6.07, 6.45) is -0.236. The number of aromatic amines is 1. The summed E-state index contributed by atoms with van der Waals surface area (Å²) in [5.41, 5.74) is 1.22. The molecule has 4 rings (SSSR count). The van der Waals surface area contributed by atoms with E-state index in [0.717, 1.165) is 5.56 Å². The fourth-order valence-corrected chi connectivity index (χ4v) is 4.14. The van der Waals surface area contributed by atoms with Crippen LogP contribution in [0.15, 0.2) is 52.4 Å². The van der Waals surface area contributed by atoms with Crippen LogP contribution in [0, 0.1) is 18.6 Å². The van der Waals surface area contributed by atoms with Crippen molar-refractivity contribution >= 4 is 35.1 Å². The number of rotatable bonds is 5. The van der Waals surface area contributed by atoms with E-state index in [1.165, 1.54) is 42.1 Å². The second-order valence-electron chi connectivity index (χ2n) is 7.30. The topological polar surface area (TPSA) is 104 Å². The SMILES string of the molecule is Cc1ccc(F)cc1NC(=O)[C@H]1CC(=O)Nc2nc(SCc3ccc(F)cc3)[nH]c(=O)c21. The van der Waals surface area contributed by atoms with E-state index < -0.39 is 29.1 Å². The van der Waals surface area contributed by atoms with Gasteiger partial charge in [0.1, 0.15) is 17.5 Å². The molecule has 1 aliphatic rings. The van der Waals surface area contributed by atoms with Crippen molar-refractivity contribution in [3.63, 3.8) is 0 Å². The molecule has 0 fully saturated rings. The van der Waals surface area contributed by atoms with Gasteiger partial charge in [0.15, 0.2) is 5.16 Å². The van der Waals surface area contributed by atoms with Gasteiger partial charge in [0.25, 0.3) is 5.56 Å². The second kappa shape index (κ2) is 8.91. The highest BCUT2D eigenvalue weighted by Crippen LogP contribution is 2.31. The van der Waals surface area contributed by atoms with Crippen molar-refractivity contribution in [2.24, 2.45) is 0 Å². The van der Waals surface area contributed by atoms with Gasteiger partial charge in [-0.2, -0.15) is 0 Å². The fraction of sp³-hybridized carbons (Fsp3) is 0.182. The van der Waals surface area contributed by atoms with E-state index in [1.807, 2.05) is 0 Å². The third kappa shape index (κ3) is 4.70. The van der Waals surface area contributed by atoms with Crippen LogP contribution >= 0.6 is 11.8 Å². The molecule has 2 heterocycles. The van der Waals surface area contributed by atoms with Crippen LogP contribution in [0.1, 0.15) is 29.0 Å². The molecular weight excluding hydrogens is 438 g/mol. The first-order valence-electron chi connectivity index (χ1n) is 9.68. The van der Waals surface area contributed by atoms with Gasteiger partial charge >= 0.3 is 0 Å². The van der Waals surface area contributed by atoms with Gasteiger partial charge in [-0.1, -0.05) is 30.0 Å². The minimum absolute atomic E-state index is 0.0164. The summed E-state index contributed by atoms with van der Waals surface area (Å²) < 4.78 is 26.6. The van der Waals surface area contributed by atoms with Crippen LogP contribution in [0.3, 0.4) is 0 Å². The first-order valence-corrected chi connectivity index (χ1v) is 10.7. The zero-order chi connectivity index (χ0) is 22.8. The van der Waals surface area contributed by atoms with Gasteiger partial charge in [-0.3, -0.25) is 14.4 Å². The summed E-state index contributed by atoms with van der Waals surface area (Å²) in [7, 11) is 0. The van der Waals surface area contributed by atoms with Crippen molar-refractivity contribution < 1.29 is 18.4 Å². The average Bonchev–Trinajstić information content (AvgIpc) is 2.75. The predicted molar refractivity (Wildman–Crippen MR) is 117 cm³/mol. The summed E-state index contributed by atoms with van der Waals surface area (Å²) in [4.78, 5) is 44.8. The Hall–Kier alpha value is -3.53. The highest BCUT2D eigenvalue weighted by molar-refractivity contribution is 7.98. The lowest BCUT2D eigenvalue weighted by Gasteiger charge is -2.23. The lowest BCUT2D eigenvalue weighted by molar-refractivity contribution is -0.123. The summed E-state index contributed by atoms with van der Waals surface area (Å²) in [6.45, 7) is 1.70. The van der Waals surface area contributed by atoms with E-state index in [0.29, 0.717) is 11.3 Å². The van der Waals surface area contributed by atoms with Gasteiger partial charge < -0.3 is 15.6 Å². The van der Waals surface area contributed by atoms with Crippen molar-refractivity contribution in [1.29, 1.82) is 0 Å². The van der Waals surface area contributed by atoms with Crippen LogP contribution in [0.4, 0.5) is 20.3 Å². The van der Waals surface area contributed by atoms with Crippen LogP contribution in [-0.2, 0) is 15.3 Å². The molecule has 2 aromatic carbocycles. The van der Waals surface area contributed by atoms with Crippen LogP contribution < -0.4 is 16.2 Å². The number of H-pyrrole nitrogens is 1. The molecule has 3 N–H and O–H groups in total. The maximum absolute atomic E-state index is 13.6. The number of thioether (sulfide) groups is 1. The Bertz CT molecular complexity index is 1260. The van der Waals surface area contributed by atoms with Gasteiger partial charge in [0.2, 0.25) is 11.8 Å². The highest BCUT2D eigenvalue weighted by atomic mass is 32.2. The normalized spacial score (nSPS) is 15.1. The Kier molecular flexibility index (Phi) is 6.04. The number of hydrogen-bond donors (Lipinski definition) is 3. The van der Waals surface area contributed by atoms with Crippen LogP contribution in [0.5, 0.6) is 0 Å². The Morgan fingerprint density at radius 2 is 1.88 bits per heavy atom. The van der Waals surface area contributed by atoms with E-state index in [4.69, 9.17) is 0 Å². The summed E-state index contributed by atoms with van der Waals surface area (Å²) in [5.74, 6) is -2.57. The van der Waals surface area contributed by atoms with Crippen molar-refractivity contribution in [3.8, 4) is 0 Å². The first kappa shape index (κ1) is 21.7. The van der Waals surface area contributed by atoms with Gasteiger partial charge in [-0.15, -0.1) is 0 Å². The molecule has 0 spiro atoms. The lowest BCUT2D eigenvalue weighted by Crippen LogP contribution is -2.36. The zero-order valence-corrected chi connectivity index (χ0v) is 17.7. The Morgan fingerprint density at radius 1 is 1.16 bits per heavy atom. The van der Waals surface area contributed by atoms with Gasteiger partial charge in [0.05, 0.1) is 11.5 Å².